The molecule has 4 saturated carbocycles. The first-order valence-electron chi connectivity index (χ1n) is 20.9. The van der Waals surface area contributed by atoms with Crippen LogP contribution in [0.25, 0.3) is 0 Å². The topological polar surface area (TPSA) is 145 Å². The minimum absolute atomic E-state index is 0.0607. The largest absolute Gasteiger partial charge is 0.386 e. The lowest BCUT2D eigenvalue weighted by Crippen LogP contribution is -2.63. The number of nitrogens with one attached hydrogen (secondary N) is 3. The van der Waals surface area contributed by atoms with Gasteiger partial charge in [-0.2, -0.15) is 0 Å². The van der Waals surface area contributed by atoms with Crippen molar-refractivity contribution in [1.82, 2.24) is 20.9 Å². The van der Waals surface area contributed by atoms with Crippen LogP contribution in [0.5, 0.6) is 0 Å². The number of nitrogens with two attached hydrogens (primary N) is 3. The number of fused-ring (bicyclic) bond motifs is 5. The summed E-state index contributed by atoms with van der Waals surface area (Å²) in [6.45, 7) is 25.2. The Morgan fingerprint density at radius 2 is 1.46 bits per heavy atom. The van der Waals surface area contributed by atoms with Crippen LogP contribution in [-0.2, 0) is 20.8 Å². The summed E-state index contributed by atoms with van der Waals surface area (Å²) in [6, 6.07) is 10.8. The summed E-state index contributed by atoms with van der Waals surface area (Å²) in [5.41, 5.74) is 19.2. The van der Waals surface area contributed by atoms with E-state index in [0.29, 0.717) is 92.4 Å². The van der Waals surface area contributed by atoms with E-state index >= 15 is 0 Å². The molecular weight excluding hydrogens is 675 g/mol. The van der Waals surface area contributed by atoms with Crippen LogP contribution in [0, 0.1) is 46.3 Å². The van der Waals surface area contributed by atoms with Gasteiger partial charge in [-0.1, -0.05) is 70.8 Å². The highest BCUT2D eigenvalue weighted by Crippen LogP contribution is 2.69. The van der Waals surface area contributed by atoms with E-state index in [1.54, 1.807) is 0 Å². The summed E-state index contributed by atoms with van der Waals surface area (Å²) in [4.78, 5) is 2.47. The molecule has 0 heterocycles. The number of hydrogen-bond acceptors (Lipinski definition) is 10. The van der Waals surface area contributed by atoms with Gasteiger partial charge in [-0.15, -0.1) is 0 Å². The van der Waals surface area contributed by atoms with Crippen molar-refractivity contribution < 1.29 is 14.2 Å². The highest BCUT2D eigenvalue weighted by Gasteiger charge is 2.66. The molecule has 1 aromatic rings. The second kappa shape index (κ2) is 19.3. The van der Waals surface area contributed by atoms with Crippen LogP contribution in [0.2, 0.25) is 0 Å². The van der Waals surface area contributed by atoms with Crippen LogP contribution in [-0.4, -0.2) is 76.3 Å². The molecule has 0 aliphatic heterocycles. The first-order chi connectivity index (χ1) is 25.8. The Morgan fingerprint density at radius 1 is 0.833 bits per heavy atom. The van der Waals surface area contributed by atoms with Gasteiger partial charge in [0.15, 0.2) is 0 Å². The first kappa shape index (κ1) is 42.2. The van der Waals surface area contributed by atoms with Crippen LogP contribution in [0.4, 0.5) is 0 Å². The van der Waals surface area contributed by atoms with E-state index in [-0.39, 0.29) is 29.1 Å². The van der Waals surface area contributed by atoms with Gasteiger partial charge in [0.2, 0.25) is 0 Å². The molecule has 0 aromatic heterocycles. The molecule has 9 N–H and O–H groups in total. The Balaban J connectivity index is 1.35. The molecule has 4 aliphatic carbocycles. The van der Waals surface area contributed by atoms with E-state index in [1.807, 2.05) is 0 Å². The van der Waals surface area contributed by atoms with E-state index in [9.17, 15) is 0 Å². The lowest BCUT2D eigenvalue weighted by Gasteiger charge is -2.65. The molecule has 10 nitrogen and oxygen atoms in total. The van der Waals surface area contributed by atoms with E-state index < -0.39 is 0 Å². The molecule has 3 unspecified atom stereocenters. The van der Waals surface area contributed by atoms with Gasteiger partial charge in [-0.25, -0.2) is 0 Å². The monoisotopic (exact) mass is 750 g/mol. The van der Waals surface area contributed by atoms with Crippen molar-refractivity contribution in [3.63, 3.8) is 0 Å². The van der Waals surface area contributed by atoms with Crippen LogP contribution in [0.1, 0.15) is 84.1 Å². The highest BCUT2D eigenvalue weighted by molar-refractivity contribution is 5.16. The maximum Gasteiger partial charge on any atom is 0.0886 e. The van der Waals surface area contributed by atoms with E-state index in [1.165, 1.54) is 37.7 Å². The third-order valence-electron chi connectivity index (χ3n) is 14.3. The smallest absolute Gasteiger partial charge is 0.0886 e. The summed E-state index contributed by atoms with van der Waals surface area (Å²) in [6.07, 6.45) is 11.0. The zero-order chi connectivity index (χ0) is 38.9. The molecule has 4 aliphatic rings. The fraction of sp³-hybridized carbons (Fsp3) is 0.727. The van der Waals surface area contributed by atoms with Crippen molar-refractivity contribution in [3.8, 4) is 0 Å². The summed E-state index contributed by atoms with van der Waals surface area (Å²) >= 11 is 0. The Labute approximate surface area is 327 Å². The standard InChI is InChI=1S/C44H75N7O3/c1-30(12-11-22-51(7)29-34-13-9-8-10-14-34)37-15-16-38-42-39(28-41(44(37,38)6)54-25-21-50-33(4)47)43(5)18-17-36(52-23-19-48-31(2)45)26-35(43)27-40(42)53-24-20-49-32(3)46/h8-10,13-14,30,35-42,48-50H,2-4,11-12,15-29,45-47H2,1,5-7H3/t30?,35?,36-,37-,38+,39+,40-,41+,42?,43+,44-/m1/s1. The molecule has 4 fully saturated rings. The molecule has 10 heteroatoms. The van der Waals surface area contributed by atoms with E-state index in [0.717, 1.165) is 38.8 Å². The number of hydrogen-bond donors (Lipinski definition) is 6. The molecule has 0 amide bonds. The number of ether oxygens (including phenoxy) is 3. The average Bonchev–Trinajstić information content (AvgIpc) is 3.48. The number of rotatable bonds is 22. The highest BCUT2D eigenvalue weighted by atomic mass is 16.5. The summed E-state index contributed by atoms with van der Waals surface area (Å²) < 4.78 is 20.5. The van der Waals surface area contributed by atoms with Gasteiger partial charge < -0.3 is 52.3 Å². The van der Waals surface area contributed by atoms with Crippen molar-refractivity contribution in [2.45, 2.75) is 103 Å². The average molecular weight is 750 g/mol. The third kappa shape index (κ3) is 10.3. The van der Waals surface area contributed by atoms with Crippen molar-refractivity contribution in [2.75, 3.05) is 53.0 Å². The molecule has 0 radical (unpaired) electrons. The number of nitrogens with zero attached hydrogens (tertiary/aromatic N) is 1. The molecule has 11 atom stereocenters. The molecule has 0 spiro atoms. The van der Waals surface area contributed by atoms with Gasteiger partial charge >= 0.3 is 0 Å². The van der Waals surface area contributed by atoms with Gasteiger partial charge in [0.05, 0.1) is 55.6 Å². The minimum atomic E-state index is 0.0607. The van der Waals surface area contributed by atoms with Crippen molar-refractivity contribution in [2.24, 2.45) is 63.5 Å². The lowest BCUT2D eigenvalue weighted by atomic mass is 9.43. The summed E-state index contributed by atoms with van der Waals surface area (Å²) in [5.74, 6) is 4.75. The van der Waals surface area contributed by atoms with Crippen LogP contribution in [0.3, 0.4) is 0 Å². The Hall–Kier alpha value is -2.92. The molecular formula is C44H75N7O3. The van der Waals surface area contributed by atoms with Gasteiger partial charge in [-0.3, -0.25) is 0 Å². The molecule has 54 heavy (non-hydrogen) atoms. The van der Waals surface area contributed by atoms with Crippen LogP contribution < -0.4 is 33.2 Å². The fourth-order valence-electron chi connectivity index (χ4n) is 11.8. The molecule has 304 valence electrons. The first-order valence-corrected chi connectivity index (χ1v) is 20.9. The maximum atomic E-state index is 7.09. The van der Waals surface area contributed by atoms with Gasteiger partial charge in [0.25, 0.3) is 0 Å². The SMILES string of the molecule is C=C(N)NCCO[C@@H]1CC[C@@]2(C)C(C1)C[C@@H](OCCNC(=C)N)C1[C@@H]3CC[C@H](C(C)CCCN(C)Cc4ccccc4)[C@@]3(C)[C@@H](OCCNC(=C)N)C[C@@H]12. The normalized spacial score (nSPS) is 33.6. The van der Waals surface area contributed by atoms with Gasteiger partial charge in [-0.05, 0) is 118 Å². The zero-order valence-electron chi connectivity index (χ0n) is 34.1. The fourth-order valence-corrected chi connectivity index (χ4v) is 11.8. The Morgan fingerprint density at radius 3 is 2.11 bits per heavy atom. The Kier molecular flexibility index (Phi) is 15.1. The minimum Gasteiger partial charge on any atom is -0.386 e. The molecule has 1 aromatic carbocycles. The number of benzene rings is 1. The predicted molar refractivity (Wildman–Crippen MR) is 220 cm³/mol. The van der Waals surface area contributed by atoms with Crippen molar-refractivity contribution in [3.05, 3.63) is 73.1 Å². The second-order valence-electron chi connectivity index (χ2n) is 17.7. The summed E-state index contributed by atoms with van der Waals surface area (Å²) in [7, 11) is 2.26. The quantitative estimate of drug-likeness (QED) is 0.0826. The predicted octanol–water partition coefficient (Wildman–Crippen LogP) is 5.63. The van der Waals surface area contributed by atoms with E-state index in [4.69, 9.17) is 31.4 Å². The van der Waals surface area contributed by atoms with Gasteiger partial charge in [0.1, 0.15) is 0 Å². The second-order valence-corrected chi connectivity index (χ2v) is 17.7. The molecule has 5 rings (SSSR count). The van der Waals surface area contributed by atoms with E-state index in [2.05, 4.69) is 98.7 Å². The van der Waals surface area contributed by atoms with Crippen molar-refractivity contribution in [1.29, 1.82) is 0 Å². The third-order valence-corrected chi connectivity index (χ3v) is 14.3. The van der Waals surface area contributed by atoms with Crippen LogP contribution >= 0.6 is 0 Å². The zero-order valence-corrected chi connectivity index (χ0v) is 34.1. The summed E-state index contributed by atoms with van der Waals surface area (Å²) in [5, 5.41) is 9.52. The van der Waals surface area contributed by atoms with Gasteiger partial charge in [0, 0.05) is 31.6 Å². The lowest BCUT2D eigenvalue weighted by molar-refractivity contribution is -0.227. The molecule has 0 bridgehead atoms. The molecule has 0 saturated heterocycles. The Bertz CT molecular complexity index is 1360. The van der Waals surface area contributed by atoms with Crippen molar-refractivity contribution >= 4 is 0 Å². The maximum absolute atomic E-state index is 7.09. The van der Waals surface area contributed by atoms with Crippen LogP contribution in [0.15, 0.2) is 67.5 Å².